The van der Waals surface area contributed by atoms with Crippen LogP contribution in [0.15, 0.2) is 0 Å². The minimum Gasteiger partial charge on any atom is -0.389 e. The van der Waals surface area contributed by atoms with Gasteiger partial charge in [0.15, 0.2) is 9.84 Å². The highest BCUT2D eigenvalue weighted by molar-refractivity contribution is 14.1. The molecule has 0 saturated heterocycles. The van der Waals surface area contributed by atoms with Gasteiger partial charge < -0.3 is 5.11 Å². The normalized spacial score (nSPS) is 25.2. The number of aliphatic hydroxyl groups excluding tert-OH is 1. The molecule has 3 nitrogen and oxygen atoms in total. The van der Waals surface area contributed by atoms with Crippen LogP contribution in [0.2, 0.25) is 0 Å². The summed E-state index contributed by atoms with van der Waals surface area (Å²) in [6.45, 7) is 1.59. The van der Waals surface area contributed by atoms with E-state index in [9.17, 15) is 13.5 Å². The van der Waals surface area contributed by atoms with E-state index in [-0.39, 0.29) is 11.7 Å². The van der Waals surface area contributed by atoms with E-state index in [1.54, 1.807) is 29.5 Å². The van der Waals surface area contributed by atoms with Crippen molar-refractivity contribution in [1.82, 2.24) is 0 Å². The number of hydrogen-bond acceptors (Lipinski definition) is 3. The predicted octanol–water partition coefficient (Wildman–Crippen LogP) is 1.68. The van der Waals surface area contributed by atoms with Crippen molar-refractivity contribution >= 4 is 48.4 Å². The SMILES string of the molecule is CCS(=O)(=O)[C@](Br)(I)[C@@H](O)C1CC1. The maximum absolute atomic E-state index is 11.6. The van der Waals surface area contributed by atoms with Crippen LogP contribution in [0.5, 0.6) is 0 Å². The van der Waals surface area contributed by atoms with E-state index >= 15 is 0 Å². The number of aliphatic hydroxyl groups is 1. The molecule has 0 spiro atoms. The van der Waals surface area contributed by atoms with E-state index in [1.165, 1.54) is 0 Å². The van der Waals surface area contributed by atoms with E-state index in [2.05, 4.69) is 15.9 Å². The van der Waals surface area contributed by atoms with Gasteiger partial charge in [-0.05, 0) is 41.4 Å². The highest BCUT2D eigenvalue weighted by atomic mass is 127. The molecule has 1 aliphatic rings. The molecule has 1 saturated carbocycles. The molecule has 0 aromatic carbocycles. The Hall–Kier alpha value is 1.12. The first kappa shape index (κ1) is 12.2. The lowest BCUT2D eigenvalue weighted by Gasteiger charge is -2.25. The van der Waals surface area contributed by atoms with Crippen LogP contribution < -0.4 is 0 Å². The second-order valence-electron chi connectivity index (χ2n) is 3.25. The number of halogens is 2. The zero-order valence-corrected chi connectivity index (χ0v) is 11.8. The lowest BCUT2D eigenvalue weighted by Crippen LogP contribution is -2.40. The van der Waals surface area contributed by atoms with Crippen molar-refractivity contribution in [3.8, 4) is 0 Å². The molecule has 0 radical (unpaired) electrons. The topological polar surface area (TPSA) is 54.4 Å². The highest BCUT2D eigenvalue weighted by Crippen LogP contribution is 2.47. The molecule has 1 N–H and O–H groups in total. The number of rotatable bonds is 4. The lowest BCUT2D eigenvalue weighted by molar-refractivity contribution is 0.164. The lowest BCUT2D eigenvalue weighted by atomic mass is 10.3. The second kappa shape index (κ2) is 3.94. The molecule has 0 aliphatic heterocycles. The van der Waals surface area contributed by atoms with Crippen LogP contribution in [-0.2, 0) is 9.84 Å². The van der Waals surface area contributed by atoms with Crippen molar-refractivity contribution in [2.24, 2.45) is 5.92 Å². The number of alkyl halides is 2. The van der Waals surface area contributed by atoms with Crippen molar-refractivity contribution in [2.75, 3.05) is 5.75 Å². The smallest absolute Gasteiger partial charge is 0.203 e. The minimum atomic E-state index is -3.25. The van der Waals surface area contributed by atoms with Crippen LogP contribution in [0.3, 0.4) is 0 Å². The van der Waals surface area contributed by atoms with Crippen LogP contribution in [0, 0.1) is 5.92 Å². The summed E-state index contributed by atoms with van der Waals surface area (Å²) in [6.07, 6.45) is 1.06. The van der Waals surface area contributed by atoms with Gasteiger partial charge in [-0.1, -0.05) is 22.9 Å². The van der Waals surface area contributed by atoms with Crippen molar-refractivity contribution in [3.63, 3.8) is 0 Å². The van der Waals surface area contributed by atoms with Crippen LogP contribution in [0.25, 0.3) is 0 Å². The molecule has 0 bridgehead atoms. The maximum Gasteiger partial charge on any atom is 0.203 e. The Morgan fingerprint density at radius 2 is 2.15 bits per heavy atom. The molecule has 1 aliphatic carbocycles. The van der Waals surface area contributed by atoms with Gasteiger partial charge in [0.05, 0.1) is 6.10 Å². The first-order valence-corrected chi connectivity index (χ1v) is 7.63. The summed E-state index contributed by atoms with van der Waals surface area (Å²) in [5.41, 5.74) is 0. The van der Waals surface area contributed by atoms with E-state index < -0.39 is 17.6 Å². The predicted molar refractivity (Wildman–Crippen MR) is 63.9 cm³/mol. The van der Waals surface area contributed by atoms with Crippen LogP contribution >= 0.6 is 38.5 Å². The van der Waals surface area contributed by atoms with E-state index in [0.29, 0.717) is 0 Å². The zero-order chi connectivity index (χ0) is 10.3. The third-order valence-electron chi connectivity index (χ3n) is 2.21. The van der Waals surface area contributed by atoms with Gasteiger partial charge in [0.25, 0.3) is 0 Å². The van der Waals surface area contributed by atoms with Gasteiger partial charge in [-0.2, -0.15) is 0 Å². The first-order chi connectivity index (χ1) is 5.83. The fourth-order valence-corrected chi connectivity index (χ4v) is 4.51. The average Bonchev–Trinajstić information content (AvgIpc) is 2.85. The summed E-state index contributed by atoms with van der Waals surface area (Å²) in [6, 6.07) is 0. The molecule has 2 atom stereocenters. The standard InChI is InChI=1S/C7H12BrIO3S/c1-2-13(11,12)7(8,9)6(10)5-3-4-5/h5-6,10H,2-4H2,1H3/t6-,7+/m0/s1. The maximum atomic E-state index is 11.6. The van der Waals surface area contributed by atoms with Crippen molar-refractivity contribution in [2.45, 2.75) is 27.5 Å². The van der Waals surface area contributed by atoms with E-state index in [1.807, 2.05) is 0 Å². The molecule has 0 aromatic rings. The second-order valence-corrected chi connectivity index (χ2v) is 11.4. The molecule has 0 amide bonds. The zero-order valence-electron chi connectivity index (χ0n) is 7.20. The molecular weight excluding hydrogens is 371 g/mol. The first-order valence-electron chi connectivity index (χ1n) is 4.11. The van der Waals surface area contributed by atoms with Gasteiger partial charge in [0, 0.05) is 5.75 Å². The van der Waals surface area contributed by atoms with Gasteiger partial charge in [-0.3, -0.25) is 0 Å². The molecular formula is C7H12BrIO3S. The van der Waals surface area contributed by atoms with Crippen molar-refractivity contribution in [1.29, 1.82) is 0 Å². The largest absolute Gasteiger partial charge is 0.389 e. The summed E-state index contributed by atoms with van der Waals surface area (Å²) in [5, 5.41) is 9.75. The molecule has 6 heteroatoms. The molecule has 0 heterocycles. The minimum absolute atomic E-state index is 0.0466. The Kier molecular flexibility index (Phi) is 3.69. The molecule has 1 fully saturated rings. The Balaban J connectivity index is 2.85. The number of hydrogen-bond donors (Lipinski definition) is 1. The van der Waals surface area contributed by atoms with Crippen molar-refractivity contribution in [3.05, 3.63) is 0 Å². The Morgan fingerprint density at radius 3 is 2.46 bits per heavy atom. The molecule has 78 valence electrons. The molecule has 13 heavy (non-hydrogen) atoms. The average molecular weight is 383 g/mol. The van der Waals surface area contributed by atoms with Gasteiger partial charge in [0.1, 0.15) is 0 Å². The van der Waals surface area contributed by atoms with Gasteiger partial charge in [-0.25, -0.2) is 8.42 Å². The molecule has 0 unspecified atom stereocenters. The summed E-state index contributed by atoms with van der Waals surface area (Å²) in [7, 11) is -3.25. The Bertz CT molecular complexity index is 284. The summed E-state index contributed by atoms with van der Waals surface area (Å²) in [4.78, 5) is 0. The third-order valence-corrected chi connectivity index (χ3v) is 8.64. The third kappa shape index (κ3) is 2.38. The van der Waals surface area contributed by atoms with Gasteiger partial charge in [-0.15, -0.1) is 0 Å². The van der Waals surface area contributed by atoms with E-state index in [4.69, 9.17) is 0 Å². The monoisotopic (exact) mass is 382 g/mol. The summed E-state index contributed by atoms with van der Waals surface area (Å²) < 4.78 is 22.0. The Morgan fingerprint density at radius 1 is 1.69 bits per heavy atom. The van der Waals surface area contributed by atoms with Crippen LogP contribution in [0.4, 0.5) is 0 Å². The summed E-state index contributed by atoms with van der Waals surface area (Å²) >= 11 is 4.90. The molecule has 1 rings (SSSR count). The number of sulfone groups is 1. The van der Waals surface area contributed by atoms with Crippen molar-refractivity contribution < 1.29 is 13.5 Å². The Labute approximate surface area is 100 Å². The van der Waals surface area contributed by atoms with Gasteiger partial charge >= 0.3 is 0 Å². The summed E-state index contributed by atoms with van der Waals surface area (Å²) in [5.74, 6) is 0.197. The fraction of sp³-hybridized carbons (Fsp3) is 1.00. The quantitative estimate of drug-likeness (QED) is 0.594. The van der Waals surface area contributed by atoms with E-state index in [0.717, 1.165) is 12.8 Å². The molecule has 0 aromatic heterocycles. The highest BCUT2D eigenvalue weighted by Gasteiger charge is 2.50. The van der Waals surface area contributed by atoms with Crippen LogP contribution in [-0.4, -0.2) is 27.0 Å². The van der Waals surface area contributed by atoms with Gasteiger partial charge in [0.2, 0.25) is 1.66 Å². The fourth-order valence-electron chi connectivity index (χ4n) is 1.06. The van der Waals surface area contributed by atoms with Crippen LogP contribution in [0.1, 0.15) is 19.8 Å².